The molecule has 0 spiro atoms. The van der Waals surface area contributed by atoms with Gasteiger partial charge < -0.3 is 14.2 Å². The maximum atomic E-state index is 12.2. The van der Waals surface area contributed by atoms with E-state index in [1.54, 1.807) is 49.6 Å². The second-order valence-corrected chi connectivity index (χ2v) is 7.89. The van der Waals surface area contributed by atoms with Gasteiger partial charge in [0, 0.05) is 21.7 Å². The lowest BCUT2D eigenvalue weighted by molar-refractivity contribution is -0.129. The van der Waals surface area contributed by atoms with E-state index in [4.69, 9.17) is 37.4 Å². The van der Waals surface area contributed by atoms with Crippen molar-refractivity contribution in [3.8, 4) is 11.5 Å². The van der Waals surface area contributed by atoms with Gasteiger partial charge in [-0.25, -0.2) is 9.79 Å². The van der Waals surface area contributed by atoms with Crippen molar-refractivity contribution in [2.75, 3.05) is 7.11 Å². The molecule has 1 heterocycles. The van der Waals surface area contributed by atoms with Crippen molar-refractivity contribution < 1.29 is 19.0 Å². The minimum absolute atomic E-state index is 0.200. The van der Waals surface area contributed by atoms with Crippen LogP contribution in [0, 0.1) is 0 Å². The molecule has 0 bridgehead atoms. The van der Waals surface area contributed by atoms with Gasteiger partial charge in [0.15, 0.2) is 17.2 Å². The topological polar surface area (TPSA) is 57.1 Å². The summed E-state index contributed by atoms with van der Waals surface area (Å²) in [7, 11) is 1.54. The molecule has 33 heavy (non-hydrogen) atoms. The highest BCUT2D eigenvalue weighted by molar-refractivity contribution is 6.35. The molecule has 0 fully saturated rings. The van der Waals surface area contributed by atoms with Crippen molar-refractivity contribution in [1.82, 2.24) is 0 Å². The molecule has 3 aromatic carbocycles. The smallest absolute Gasteiger partial charge is 0.363 e. The first kappa shape index (κ1) is 22.6. The van der Waals surface area contributed by atoms with Crippen molar-refractivity contribution in [3.63, 3.8) is 0 Å². The summed E-state index contributed by atoms with van der Waals surface area (Å²) in [6, 6.07) is 20.2. The van der Waals surface area contributed by atoms with Gasteiger partial charge in [-0.1, -0.05) is 65.7 Å². The molecule has 0 aromatic heterocycles. The number of benzene rings is 3. The average Bonchev–Trinajstić information content (AvgIpc) is 3.17. The number of rotatable bonds is 7. The first-order valence-corrected chi connectivity index (χ1v) is 10.8. The molecule has 166 valence electrons. The summed E-state index contributed by atoms with van der Waals surface area (Å²) in [5, 5.41) is 1.09. The second kappa shape index (κ2) is 10.4. The van der Waals surface area contributed by atoms with E-state index in [9.17, 15) is 4.79 Å². The van der Waals surface area contributed by atoms with Gasteiger partial charge in [-0.2, -0.15) is 0 Å². The Morgan fingerprint density at radius 3 is 2.52 bits per heavy atom. The summed E-state index contributed by atoms with van der Waals surface area (Å²) < 4.78 is 16.6. The highest BCUT2D eigenvalue weighted by atomic mass is 35.5. The van der Waals surface area contributed by atoms with Crippen molar-refractivity contribution in [2.24, 2.45) is 4.99 Å². The Bertz CT molecular complexity index is 1270. The quantitative estimate of drug-likeness (QED) is 0.283. The van der Waals surface area contributed by atoms with Gasteiger partial charge in [0.2, 0.25) is 5.90 Å². The zero-order valence-corrected chi connectivity index (χ0v) is 19.1. The Kier molecular flexibility index (Phi) is 7.13. The Morgan fingerprint density at radius 2 is 1.76 bits per heavy atom. The summed E-state index contributed by atoms with van der Waals surface area (Å²) >= 11 is 12.1. The van der Waals surface area contributed by atoms with Gasteiger partial charge in [-0.05, 0) is 47.5 Å². The Labute approximate surface area is 201 Å². The van der Waals surface area contributed by atoms with E-state index in [-0.39, 0.29) is 18.2 Å². The van der Waals surface area contributed by atoms with Crippen molar-refractivity contribution in [3.05, 3.63) is 105 Å². The van der Waals surface area contributed by atoms with Crippen LogP contribution in [0.5, 0.6) is 11.5 Å². The standard InChI is InChI=1S/C26H19Cl2NO4/c1-31-24-14-18(7-11-23(24)32-16-19-9-10-20(27)15-21(19)28)13-22-26(30)33-25(29-22)12-8-17-5-3-2-4-6-17/h2-15H,16H2,1H3/b12-8-,22-13+. The van der Waals surface area contributed by atoms with Crippen molar-refractivity contribution in [2.45, 2.75) is 6.61 Å². The molecule has 0 radical (unpaired) electrons. The zero-order chi connectivity index (χ0) is 23.2. The fourth-order valence-corrected chi connectivity index (χ4v) is 3.54. The SMILES string of the molecule is COc1cc(/C=C2N=C(/C=C\c3ccccc3)OC/2=O)ccc1OCc1ccc(Cl)cc1Cl. The molecule has 0 aliphatic carbocycles. The minimum atomic E-state index is -0.514. The van der Waals surface area contributed by atoms with Crippen LogP contribution in [0.25, 0.3) is 12.2 Å². The number of carbonyl (C=O) groups is 1. The predicted octanol–water partition coefficient (Wildman–Crippen LogP) is 6.59. The van der Waals surface area contributed by atoms with Gasteiger partial charge in [0.1, 0.15) is 6.61 Å². The fraction of sp³-hybridized carbons (Fsp3) is 0.0769. The van der Waals surface area contributed by atoms with E-state index >= 15 is 0 Å². The van der Waals surface area contributed by atoms with Gasteiger partial charge >= 0.3 is 5.97 Å². The van der Waals surface area contributed by atoms with E-state index in [1.807, 2.05) is 42.5 Å². The van der Waals surface area contributed by atoms with E-state index in [0.717, 1.165) is 11.1 Å². The molecular formula is C26H19Cl2NO4. The largest absolute Gasteiger partial charge is 0.493 e. The van der Waals surface area contributed by atoms with Gasteiger partial charge in [-0.3, -0.25) is 0 Å². The number of carbonyl (C=O) groups excluding carboxylic acids is 1. The molecule has 0 N–H and O–H groups in total. The van der Waals surface area contributed by atoms with Gasteiger partial charge in [-0.15, -0.1) is 0 Å². The molecule has 1 aliphatic heterocycles. The number of hydrogen-bond acceptors (Lipinski definition) is 5. The van der Waals surface area contributed by atoms with Crippen LogP contribution >= 0.6 is 23.2 Å². The molecule has 7 heteroatoms. The van der Waals surface area contributed by atoms with Crippen LogP contribution in [0.2, 0.25) is 10.0 Å². The lowest BCUT2D eigenvalue weighted by Gasteiger charge is -2.12. The molecule has 0 amide bonds. The second-order valence-electron chi connectivity index (χ2n) is 7.05. The van der Waals surface area contributed by atoms with Crippen LogP contribution in [0.1, 0.15) is 16.7 Å². The maximum Gasteiger partial charge on any atom is 0.363 e. The van der Waals surface area contributed by atoms with E-state index in [1.165, 1.54) is 0 Å². The average molecular weight is 480 g/mol. The number of aliphatic imine (C=N–C) groups is 1. The molecule has 3 aromatic rings. The third-order valence-corrected chi connectivity index (χ3v) is 5.33. The number of cyclic esters (lactones) is 1. The first-order valence-electron chi connectivity index (χ1n) is 10.0. The van der Waals surface area contributed by atoms with Crippen LogP contribution in [0.15, 0.2) is 83.5 Å². The molecule has 1 aliphatic rings. The van der Waals surface area contributed by atoms with E-state index < -0.39 is 5.97 Å². The number of nitrogens with zero attached hydrogens (tertiary/aromatic N) is 1. The van der Waals surface area contributed by atoms with Crippen LogP contribution < -0.4 is 9.47 Å². The molecular weight excluding hydrogens is 461 g/mol. The molecule has 0 saturated heterocycles. The third-order valence-electron chi connectivity index (χ3n) is 4.74. The zero-order valence-electron chi connectivity index (χ0n) is 17.6. The number of ether oxygens (including phenoxy) is 3. The monoisotopic (exact) mass is 479 g/mol. The highest BCUT2D eigenvalue weighted by Gasteiger charge is 2.21. The number of esters is 1. The Morgan fingerprint density at radius 1 is 0.939 bits per heavy atom. The lowest BCUT2D eigenvalue weighted by atomic mass is 10.1. The lowest BCUT2D eigenvalue weighted by Crippen LogP contribution is -2.01. The van der Waals surface area contributed by atoms with Crippen LogP contribution in [0.4, 0.5) is 0 Å². The Hall–Kier alpha value is -3.54. The van der Waals surface area contributed by atoms with Gasteiger partial charge in [0.05, 0.1) is 7.11 Å². The molecule has 4 rings (SSSR count). The first-order chi connectivity index (χ1) is 16.0. The minimum Gasteiger partial charge on any atom is -0.493 e. The number of methoxy groups -OCH3 is 1. The summed E-state index contributed by atoms with van der Waals surface area (Å²) in [6.45, 7) is 0.251. The highest BCUT2D eigenvalue weighted by Crippen LogP contribution is 2.31. The summed E-state index contributed by atoms with van der Waals surface area (Å²) in [6.07, 6.45) is 5.12. The predicted molar refractivity (Wildman–Crippen MR) is 131 cm³/mol. The fourth-order valence-electron chi connectivity index (χ4n) is 3.07. The van der Waals surface area contributed by atoms with Crippen LogP contribution in [-0.4, -0.2) is 19.0 Å². The van der Waals surface area contributed by atoms with Gasteiger partial charge in [0.25, 0.3) is 0 Å². The molecule has 0 atom stereocenters. The number of halogens is 2. The van der Waals surface area contributed by atoms with Crippen molar-refractivity contribution >= 4 is 47.2 Å². The van der Waals surface area contributed by atoms with Crippen LogP contribution in [0.3, 0.4) is 0 Å². The summed E-state index contributed by atoms with van der Waals surface area (Å²) in [5.74, 6) is 0.768. The van der Waals surface area contributed by atoms with E-state index in [0.29, 0.717) is 27.1 Å². The number of hydrogen-bond donors (Lipinski definition) is 0. The Balaban J connectivity index is 1.49. The maximum absolute atomic E-state index is 12.2. The molecule has 5 nitrogen and oxygen atoms in total. The normalized spacial score (nSPS) is 14.5. The molecule has 0 unspecified atom stereocenters. The summed E-state index contributed by atoms with van der Waals surface area (Å²) in [5.41, 5.74) is 2.70. The summed E-state index contributed by atoms with van der Waals surface area (Å²) in [4.78, 5) is 16.5. The van der Waals surface area contributed by atoms with Crippen LogP contribution in [-0.2, 0) is 16.1 Å². The third kappa shape index (κ3) is 5.83. The molecule has 0 saturated carbocycles. The van der Waals surface area contributed by atoms with Crippen molar-refractivity contribution in [1.29, 1.82) is 0 Å². The van der Waals surface area contributed by atoms with E-state index in [2.05, 4.69) is 4.99 Å².